The van der Waals surface area contributed by atoms with Crippen LogP contribution in [0.5, 0.6) is 0 Å². The van der Waals surface area contributed by atoms with E-state index < -0.39 is 0 Å². The summed E-state index contributed by atoms with van der Waals surface area (Å²) in [5.41, 5.74) is 7.85. The third-order valence-corrected chi connectivity index (χ3v) is 1.98. The highest BCUT2D eigenvalue weighted by Gasteiger charge is 2.02. The Morgan fingerprint density at radius 3 is 2.92 bits per heavy atom. The van der Waals surface area contributed by atoms with Crippen molar-refractivity contribution < 1.29 is 0 Å². The molecule has 0 radical (unpaired) electrons. The molecule has 0 aromatic carbocycles. The first-order chi connectivity index (χ1) is 5.79. The molecule has 3 heteroatoms. The quantitative estimate of drug-likeness (QED) is 0.726. The van der Waals surface area contributed by atoms with Gasteiger partial charge in [0.05, 0.1) is 0 Å². The van der Waals surface area contributed by atoms with Gasteiger partial charge in [0.15, 0.2) is 0 Å². The molecule has 0 saturated carbocycles. The topological polar surface area (TPSA) is 42.2 Å². The molecule has 0 saturated heterocycles. The molecule has 1 aromatic heterocycles. The second kappa shape index (κ2) is 4.07. The van der Waals surface area contributed by atoms with E-state index in [1.165, 1.54) is 5.69 Å². The van der Waals surface area contributed by atoms with Crippen LogP contribution in [0.2, 0.25) is 0 Å². The van der Waals surface area contributed by atoms with Crippen LogP contribution >= 0.6 is 0 Å². The minimum Gasteiger partial charge on any atom is -0.375 e. The molecule has 1 aromatic rings. The van der Waals surface area contributed by atoms with Gasteiger partial charge >= 0.3 is 0 Å². The maximum Gasteiger partial charge on any atom is 0.0440 e. The molecule has 12 heavy (non-hydrogen) atoms. The minimum absolute atomic E-state index is 0.549. The van der Waals surface area contributed by atoms with Crippen LogP contribution in [0, 0.1) is 0 Å². The van der Waals surface area contributed by atoms with E-state index in [4.69, 9.17) is 5.73 Å². The van der Waals surface area contributed by atoms with Crippen molar-refractivity contribution in [2.24, 2.45) is 5.73 Å². The van der Waals surface area contributed by atoms with Crippen molar-refractivity contribution >= 4 is 5.69 Å². The van der Waals surface area contributed by atoms with Crippen LogP contribution in [0.1, 0.15) is 12.5 Å². The van der Waals surface area contributed by atoms with Crippen molar-refractivity contribution in [2.75, 3.05) is 18.5 Å². The SMILES string of the molecule is CCN(C)c1ccncc1CN. The lowest BCUT2D eigenvalue weighted by Crippen LogP contribution is -2.18. The summed E-state index contributed by atoms with van der Waals surface area (Å²) in [5, 5.41) is 0. The van der Waals surface area contributed by atoms with E-state index in [0.717, 1.165) is 12.1 Å². The van der Waals surface area contributed by atoms with E-state index in [2.05, 4.69) is 23.9 Å². The first kappa shape index (κ1) is 9.00. The molecule has 1 rings (SSSR count). The third-order valence-electron chi connectivity index (χ3n) is 1.98. The first-order valence-corrected chi connectivity index (χ1v) is 4.13. The van der Waals surface area contributed by atoms with Crippen molar-refractivity contribution in [1.82, 2.24) is 4.98 Å². The zero-order valence-electron chi connectivity index (χ0n) is 7.62. The summed E-state index contributed by atoms with van der Waals surface area (Å²) >= 11 is 0. The van der Waals surface area contributed by atoms with Gasteiger partial charge in [-0.15, -0.1) is 0 Å². The molecule has 0 spiro atoms. The molecular weight excluding hydrogens is 150 g/mol. The van der Waals surface area contributed by atoms with Crippen LogP contribution in [0.4, 0.5) is 5.69 Å². The normalized spacial score (nSPS) is 9.92. The van der Waals surface area contributed by atoms with Crippen molar-refractivity contribution in [3.63, 3.8) is 0 Å². The first-order valence-electron chi connectivity index (χ1n) is 4.13. The van der Waals surface area contributed by atoms with E-state index >= 15 is 0 Å². The van der Waals surface area contributed by atoms with E-state index in [-0.39, 0.29) is 0 Å². The summed E-state index contributed by atoms with van der Waals surface area (Å²) < 4.78 is 0. The summed E-state index contributed by atoms with van der Waals surface area (Å²) in [5.74, 6) is 0. The average Bonchev–Trinajstić information content (AvgIpc) is 2.16. The maximum atomic E-state index is 5.58. The van der Waals surface area contributed by atoms with Crippen LogP contribution in [0.15, 0.2) is 18.5 Å². The number of hydrogen-bond acceptors (Lipinski definition) is 3. The molecule has 2 N–H and O–H groups in total. The van der Waals surface area contributed by atoms with Gasteiger partial charge in [0, 0.05) is 43.8 Å². The molecule has 0 amide bonds. The molecule has 0 aliphatic carbocycles. The zero-order chi connectivity index (χ0) is 8.97. The van der Waals surface area contributed by atoms with E-state index in [1.807, 2.05) is 12.3 Å². The Balaban J connectivity index is 2.96. The van der Waals surface area contributed by atoms with Gasteiger partial charge in [-0.05, 0) is 13.0 Å². The predicted octanol–water partition coefficient (Wildman–Crippen LogP) is 0.996. The second-order valence-corrected chi connectivity index (χ2v) is 2.72. The molecular formula is C9H15N3. The number of aromatic nitrogens is 1. The van der Waals surface area contributed by atoms with Crippen LogP contribution < -0.4 is 10.6 Å². The molecule has 0 aliphatic heterocycles. The number of anilines is 1. The fourth-order valence-corrected chi connectivity index (χ4v) is 1.12. The highest BCUT2D eigenvalue weighted by molar-refractivity contribution is 5.51. The molecule has 66 valence electrons. The molecule has 0 atom stereocenters. The predicted molar refractivity (Wildman–Crippen MR) is 51.1 cm³/mol. The smallest absolute Gasteiger partial charge is 0.0440 e. The van der Waals surface area contributed by atoms with Gasteiger partial charge in [0.2, 0.25) is 0 Å². The lowest BCUT2D eigenvalue weighted by molar-refractivity contribution is 0.933. The monoisotopic (exact) mass is 165 g/mol. The van der Waals surface area contributed by atoms with Gasteiger partial charge in [-0.3, -0.25) is 4.98 Å². The van der Waals surface area contributed by atoms with Crippen molar-refractivity contribution in [3.8, 4) is 0 Å². The number of pyridine rings is 1. The maximum absolute atomic E-state index is 5.58. The summed E-state index contributed by atoms with van der Waals surface area (Å²) in [6.07, 6.45) is 3.61. The highest BCUT2D eigenvalue weighted by atomic mass is 15.1. The summed E-state index contributed by atoms with van der Waals surface area (Å²) in [7, 11) is 2.05. The number of nitrogens with two attached hydrogens (primary N) is 1. The Labute approximate surface area is 73.2 Å². The molecule has 3 nitrogen and oxygen atoms in total. The molecule has 0 bridgehead atoms. The molecule has 1 heterocycles. The zero-order valence-corrected chi connectivity index (χ0v) is 7.62. The minimum atomic E-state index is 0.549. The van der Waals surface area contributed by atoms with Gasteiger partial charge in [-0.2, -0.15) is 0 Å². The Kier molecular flexibility index (Phi) is 3.05. The Bertz CT molecular complexity index is 247. The summed E-state index contributed by atoms with van der Waals surface area (Å²) in [4.78, 5) is 6.18. The molecule has 0 unspecified atom stereocenters. The lowest BCUT2D eigenvalue weighted by atomic mass is 10.2. The lowest BCUT2D eigenvalue weighted by Gasteiger charge is -2.19. The summed E-state index contributed by atoms with van der Waals surface area (Å²) in [6, 6.07) is 1.99. The Morgan fingerprint density at radius 1 is 1.58 bits per heavy atom. The average molecular weight is 165 g/mol. The van der Waals surface area contributed by atoms with Gasteiger partial charge in [-0.1, -0.05) is 0 Å². The second-order valence-electron chi connectivity index (χ2n) is 2.72. The van der Waals surface area contributed by atoms with Crippen LogP contribution in [-0.2, 0) is 6.54 Å². The van der Waals surface area contributed by atoms with Crippen LogP contribution in [0.25, 0.3) is 0 Å². The standard InChI is InChI=1S/C9H15N3/c1-3-12(2)9-4-5-11-7-8(9)6-10/h4-5,7H,3,6,10H2,1-2H3. The largest absolute Gasteiger partial charge is 0.375 e. The Hall–Kier alpha value is -1.09. The van der Waals surface area contributed by atoms with Gasteiger partial charge in [-0.25, -0.2) is 0 Å². The fourth-order valence-electron chi connectivity index (χ4n) is 1.12. The van der Waals surface area contributed by atoms with Gasteiger partial charge in [0.1, 0.15) is 0 Å². The summed E-state index contributed by atoms with van der Waals surface area (Å²) in [6.45, 7) is 3.64. The third kappa shape index (κ3) is 1.74. The number of hydrogen-bond donors (Lipinski definition) is 1. The number of rotatable bonds is 3. The van der Waals surface area contributed by atoms with Crippen LogP contribution in [-0.4, -0.2) is 18.6 Å². The van der Waals surface area contributed by atoms with Crippen molar-refractivity contribution in [3.05, 3.63) is 24.0 Å². The Morgan fingerprint density at radius 2 is 2.33 bits per heavy atom. The van der Waals surface area contributed by atoms with Gasteiger partial charge < -0.3 is 10.6 Å². The fraction of sp³-hybridized carbons (Fsp3) is 0.444. The van der Waals surface area contributed by atoms with Crippen molar-refractivity contribution in [1.29, 1.82) is 0 Å². The van der Waals surface area contributed by atoms with Crippen LogP contribution in [0.3, 0.4) is 0 Å². The molecule has 0 aliphatic rings. The number of nitrogens with zero attached hydrogens (tertiary/aromatic N) is 2. The molecule has 0 fully saturated rings. The van der Waals surface area contributed by atoms with E-state index in [1.54, 1.807) is 6.20 Å². The van der Waals surface area contributed by atoms with Gasteiger partial charge in [0.25, 0.3) is 0 Å². The van der Waals surface area contributed by atoms with E-state index in [0.29, 0.717) is 6.54 Å². The van der Waals surface area contributed by atoms with E-state index in [9.17, 15) is 0 Å². The highest BCUT2D eigenvalue weighted by Crippen LogP contribution is 2.16. The van der Waals surface area contributed by atoms with Crippen molar-refractivity contribution in [2.45, 2.75) is 13.5 Å².